The summed E-state index contributed by atoms with van der Waals surface area (Å²) < 4.78 is 1.75. The van der Waals surface area contributed by atoms with Crippen molar-refractivity contribution < 1.29 is 0 Å². The predicted molar refractivity (Wildman–Crippen MR) is 129 cm³/mol. The molecule has 1 fully saturated rings. The van der Waals surface area contributed by atoms with Crippen molar-refractivity contribution in [2.75, 3.05) is 4.90 Å². The first kappa shape index (κ1) is 21.1. The molecule has 2 aliphatic heterocycles. The summed E-state index contributed by atoms with van der Waals surface area (Å²) in [6.07, 6.45) is 9.73. The molecule has 1 saturated heterocycles. The predicted octanol–water partition coefficient (Wildman–Crippen LogP) is 2.75. The van der Waals surface area contributed by atoms with Gasteiger partial charge in [0.15, 0.2) is 5.66 Å². The number of fused-ring (bicyclic) bond motifs is 1. The van der Waals surface area contributed by atoms with E-state index in [1.54, 1.807) is 35.1 Å². The van der Waals surface area contributed by atoms with Crippen molar-refractivity contribution in [2.45, 2.75) is 38.9 Å². The van der Waals surface area contributed by atoms with E-state index in [2.05, 4.69) is 30.5 Å². The summed E-state index contributed by atoms with van der Waals surface area (Å²) in [4.78, 5) is 13.4. The molecule has 2 atom stereocenters. The second-order valence-electron chi connectivity index (χ2n) is 8.12. The molecule has 0 spiro atoms. The number of rotatable bonds is 4. The zero-order chi connectivity index (χ0) is 23.3. The Morgan fingerprint density at radius 2 is 2.15 bits per heavy atom. The van der Waals surface area contributed by atoms with Crippen LogP contribution in [0.1, 0.15) is 32.8 Å². The highest BCUT2D eigenvalue weighted by Crippen LogP contribution is 2.42. The van der Waals surface area contributed by atoms with E-state index in [0.29, 0.717) is 23.8 Å². The van der Waals surface area contributed by atoms with E-state index in [1.807, 2.05) is 38.7 Å². The number of piperazine rings is 1. The van der Waals surface area contributed by atoms with Crippen LogP contribution < -0.4 is 10.2 Å². The third-order valence-corrected chi connectivity index (χ3v) is 6.76. The number of nitrogens with zero attached hydrogens (tertiary/aromatic N) is 7. The van der Waals surface area contributed by atoms with Crippen molar-refractivity contribution in [3.63, 3.8) is 0 Å². The van der Waals surface area contributed by atoms with Crippen molar-refractivity contribution in [1.29, 1.82) is 10.8 Å². The summed E-state index contributed by atoms with van der Waals surface area (Å²) in [6.45, 7) is 5.75. The molecule has 4 N–H and O–H groups in total. The second-order valence-corrected chi connectivity index (χ2v) is 9.02. The number of hydrogen-bond acceptors (Lipinski definition) is 9. The first-order valence-electron chi connectivity index (χ1n) is 10.6. The number of aliphatic imine (C=N–C) groups is 1. The average molecular weight is 464 g/mol. The van der Waals surface area contributed by atoms with Crippen molar-refractivity contribution >= 4 is 34.5 Å². The molecule has 170 valence electrons. The number of anilines is 1. The second kappa shape index (κ2) is 7.66. The summed E-state index contributed by atoms with van der Waals surface area (Å²) in [7, 11) is 1.87. The SMILES string of the molecule is CCC1C(=N)N(C(C)=N)C2=CNC(c3cn[nH]c3-c3nccs3)=NC2(C)N1c1cnn(C)c1. The number of aromatic nitrogens is 5. The van der Waals surface area contributed by atoms with Crippen LogP contribution in [0, 0.1) is 10.8 Å². The monoisotopic (exact) mass is 463 g/mol. The Morgan fingerprint density at radius 3 is 2.79 bits per heavy atom. The summed E-state index contributed by atoms with van der Waals surface area (Å²) in [5, 5.41) is 35.0. The Bertz CT molecular complexity index is 1280. The molecule has 11 nitrogen and oxygen atoms in total. The summed E-state index contributed by atoms with van der Waals surface area (Å²) in [6, 6.07) is -0.289. The van der Waals surface area contributed by atoms with E-state index in [-0.39, 0.29) is 11.9 Å². The highest BCUT2D eigenvalue weighted by atomic mass is 32.1. The third-order valence-electron chi connectivity index (χ3n) is 5.97. The van der Waals surface area contributed by atoms with Gasteiger partial charge in [0.05, 0.1) is 35.4 Å². The zero-order valence-corrected chi connectivity index (χ0v) is 19.6. The molecule has 5 heterocycles. The van der Waals surface area contributed by atoms with Crippen LogP contribution in [-0.2, 0) is 7.05 Å². The smallest absolute Gasteiger partial charge is 0.175 e. The quantitative estimate of drug-likeness (QED) is 0.347. The first-order chi connectivity index (χ1) is 15.8. The first-order valence-corrected chi connectivity index (χ1v) is 11.5. The van der Waals surface area contributed by atoms with Crippen LogP contribution in [0.4, 0.5) is 5.69 Å². The van der Waals surface area contributed by atoms with Gasteiger partial charge in [0, 0.05) is 31.0 Å². The fourth-order valence-corrected chi connectivity index (χ4v) is 5.20. The maximum absolute atomic E-state index is 8.93. The van der Waals surface area contributed by atoms with Crippen molar-refractivity contribution in [2.24, 2.45) is 12.0 Å². The molecule has 0 radical (unpaired) electrons. The lowest BCUT2D eigenvalue weighted by molar-refractivity contribution is 0.371. The van der Waals surface area contributed by atoms with Gasteiger partial charge in [-0.05, 0) is 20.3 Å². The lowest BCUT2D eigenvalue weighted by Crippen LogP contribution is -2.67. The molecular formula is C21H25N11S. The lowest BCUT2D eigenvalue weighted by atomic mass is 9.93. The maximum Gasteiger partial charge on any atom is 0.175 e. The van der Waals surface area contributed by atoms with Crippen LogP contribution >= 0.6 is 11.3 Å². The van der Waals surface area contributed by atoms with Gasteiger partial charge in [-0.15, -0.1) is 11.3 Å². The number of aromatic amines is 1. The molecule has 2 unspecified atom stereocenters. The van der Waals surface area contributed by atoms with Gasteiger partial charge < -0.3 is 10.2 Å². The fraction of sp³-hybridized carbons (Fsp3) is 0.333. The number of thiazole rings is 1. The van der Waals surface area contributed by atoms with E-state index in [0.717, 1.165) is 22.0 Å². The largest absolute Gasteiger partial charge is 0.344 e. The number of nitrogens with one attached hydrogen (secondary N) is 4. The number of hydrogen-bond donors (Lipinski definition) is 4. The Hall–Kier alpha value is -3.80. The Kier molecular flexibility index (Phi) is 4.89. The van der Waals surface area contributed by atoms with Gasteiger partial charge in [-0.1, -0.05) is 6.92 Å². The summed E-state index contributed by atoms with van der Waals surface area (Å²) in [5.41, 5.74) is 2.27. The molecule has 0 saturated carbocycles. The number of aryl methyl sites for hydroxylation is 1. The molecular weight excluding hydrogens is 438 g/mol. The molecule has 0 bridgehead atoms. The normalized spacial score (nSPS) is 22.5. The molecule has 3 aromatic heterocycles. The molecule has 2 aliphatic rings. The fourth-order valence-electron chi connectivity index (χ4n) is 4.55. The van der Waals surface area contributed by atoms with E-state index in [1.165, 1.54) is 11.3 Å². The van der Waals surface area contributed by atoms with Crippen LogP contribution in [0.3, 0.4) is 0 Å². The average Bonchev–Trinajstić information content (AvgIpc) is 3.53. The minimum absolute atomic E-state index is 0.272. The van der Waals surface area contributed by atoms with Crippen LogP contribution in [0.15, 0.2) is 47.1 Å². The molecule has 12 heteroatoms. The molecule has 3 aromatic rings. The van der Waals surface area contributed by atoms with Gasteiger partial charge in [0.2, 0.25) is 0 Å². The topological polar surface area (TPSA) is 138 Å². The Labute approximate surface area is 194 Å². The van der Waals surface area contributed by atoms with Gasteiger partial charge in [0.25, 0.3) is 0 Å². The molecule has 0 amide bonds. The Balaban J connectivity index is 1.69. The molecule has 33 heavy (non-hydrogen) atoms. The van der Waals surface area contributed by atoms with Crippen LogP contribution in [0.25, 0.3) is 10.7 Å². The van der Waals surface area contributed by atoms with Gasteiger partial charge in [-0.2, -0.15) is 10.2 Å². The minimum Gasteiger partial charge on any atom is -0.344 e. The summed E-state index contributed by atoms with van der Waals surface area (Å²) in [5.74, 6) is 1.25. The van der Waals surface area contributed by atoms with E-state index < -0.39 is 5.66 Å². The minimum atomic E-state index is -0.894. The van der Waals surface area contributed by atoms with Gasteiger partial charge >= 0.3 is 0 Å². The lowest BCUT2D eigenvalue weighted by Gasteiger charge is -2.54. The van der Waals surface area contributed by atoms with E-state index >= 15 is 0 Å². The van der Waals surface area contributed by atoms with E-state index in [9.17, 15) is 0 Å². The van der Waals surface area contributed by atoms with Crippen molar-refractivity contribution in [3.05, 3.63) is 47.6 Å². The van der Waals surface area contributed by atoms with Crippen LogP contribution in [-0.4, -0.2) is 59.1 Å². The molecule has 0 aromatic carbocycles. The standard InChI is InChI=1S/C21H25N11S/c1-5-15-18(23)31(12(2)22)16-10-25-19(14-9-26-29-17(14)20-24-6-7-33-20)28-21(16,3)32(15)13-8-27-30(4)11-13/h6-11,15,22-23H,5H2,1-4H3,(H,25,28)(H,26,29). The Morgan fingerprint density at radius 1 is 1.33 bits per heavy atom. The van der Waals surface area contributed by atoms with Gasteiger partial charge in [-0.3, -0.25) is 25.5 Å². The molecule has 0 aliphatic carbocycles. The van der Waals surface area contributed by atoms with E-state index in [4.69, 9.17) is 15.8 Å². The third kappa shape index (κ3) is 3.17. The zero-order valence-electron chi connectivity index (χ0n) is 18.8. The van der Waals surface area contributed by atoms with Crippen molar-refractivity contribution in [1.82, 2.24) is 35.2 Å². The highest BCUT2D eigenvalue weighted by molar-refractivity contribution is 7.13. The van der Waals surface area contributed by atoms with Gasteiger partial charge in [-0.25, -0.2) is 9.98 Å². The number of H-pyrrole nitrogens is 1. The highest BCUT2D eigenvalue weighted by Gasteiger charge is 2.52. The number of amidine groups is 3. The molecule has 5 rings (SSSR count). The van der Waals surface area contributed by atoms with Crippen molar-refractivity contribution in [3.8, 4) is 10.7 Å². The maximum atomic E-state index is 8.93. The van der Waals surface area contributed by atoms with Gasteiger partial charge in [0.1, 0.15) is 28.2 Å². The van der Waals surface area contributed by atoms with Crippen LogP contribution in [0.2, 0.25) is 0 Å². The van der Waals surface area contributed by atoms with Crippen LogP contribution in [0.5, 0.6) is 0 Å². The summed E-state index contributed by atoms with van der Waals surface area (Å²) >= 11 is 1.52.